The van der Waals surface area contributed by atoms with Crippen LogP contribution in [0.3, 0.4) is 0 Å². The van der Waals surface area contributed by atoms with E-state index in [4.69, 9.17) is 19.9 Å². The summed E-state index contributed by atoms with van der Waals surface area (Å²) in [5, 5.41) is 3.37. The number of amides is 1. The summed E-state index contributed by atoms with van der Waals surface area (Å²) in [6.07, 6.45) is 0.163. The molecule has 168 valence electrons. The van der Waals surface area contributed by atoms with E-state index in [-0.39, 0.29) is 35.8 Å². The number of rotatable bonds is 6. The van der Waals surface area contributed by atoms with Crippen molar-refractivity contribution in [3.8, 4) is 0 Å². The molecule has 9 heteroatoms. The van der Waals surface area contributed by atoms with Crippen molar-refractivity contribution in [3.63, 3.8) is 0 Å². The van der Waals surface area contributed by atoms with Gasteiger partial charge in [-0.15, -0.1) is 24.0 Å². The van der Waals surface area contributed by atoms with Gasteiger partial charge in [-0.25, -0.2) is 4.99 Å². The molecule has 0 radical (unpaired) electrons. The van der Waals surface area contributed by atoms with Crippen LogP contribution in [0.15, 0.2) is 51.9 Å². The van der Waals surface area contributed by atoms with Gasteiger partial charge in [0.1, 0.15) is 12.3 Å². The number of primary amides is 1. The molecule has 2 aliphatic heterocycles. The molecule has 1 amide bonds. The molecule has 2 aromatic rings. The highest BCUT2D eigenvalue weighted by Gasteiger charge is 2.41. The highest BCUT2D eigenvalue weighted by atomic mass is 127. The lowest BCUT2D eigenvalue weighted by Gasteiger charge is -2.36. The predicted molar refractivity (Wildman–Crippen MR) is 129 cm³/mol. The largest absolute Gasteiger partial charge is 0.454 e. The van der Waals surface area contributed by atoms with E-state index in [1.165, 1.54) is 5.56 Å². The average Bonchev–Trinajstić information content (AvgIpc) is 3.40. The number of halogens is 1. The average molecular weight is 539 g/mol. The minimum atomic E-state index is -0.573. The zero-order chi connectivity index (χ0) is 20.9. The van der Waals surface area contributed by atoms with Crippen molar-refractivity contribution in [2.45, 2.75) is 32.2 Å². The number of nitrogens with two attached hydrogens (primary N) is 1. The molecule has 1 aromatic heterocycles. The number of likely N-dealkylation sites (tertiary alicyclic amines) is 1. The number of ether oxygens (including phenoxy) is 1. The van der Waals surface area contributed by atoms with Gasteiger partial charge in [0.2, 0.25) is 0 Å². The fourth-order valence-corrected chi connectivity index (χ4v) is 4.12. The minimum absolute atomic E-state index is 0. The number of carbonyl (C=O) groups excluding carboxylic acids is 1. The molecule has 2 saturated heterocycles. The van der Waals surface area contributed by atoms with Crippen molar-refractivity contribution in [1.29, 1.82) is 0 Å². The fraction of sp³-hybridized carbons (Fsp3) is 0.455. The van der Waals surface area contributed by atoms with Crippen LogP contribution in [-0.2, 0) is 17.8 Å². The normalized spacial score (nSPS) is 21.5. The van der Waals surface area contributed by atoms with Gasteiger partial charge in [0, 0.05) is 32.7 Å². The number of furan rings is 1. The third kappa shape index (κ3) is 5.78. The lowest BCUT2D eigenvalue weighted by Crippen LogP contribution is -2.50. The van der Waals surface area contributed by atoms with Gasteiger partial charge in [0.05, 0.1) is 18.8 Å². The predicted octanol–water partition coefficient (Wildman–Crippen LogP) is 2.05. The molecule has 4 rings (SSSR count). The summed E-state index contributed by atoms with van der Waals surface area (Å²) in [5.74, 6) is 1.02. The molecule has 0 bridgehead atoms. The first kappa shape index (κ1) is 23.6. The summed E-state index contributed by atoms with van der Waals surface area (Å²) in [4.78, 5) is 20.7. The third-order valence-corrected chi connectivity index (χ3v) is 5.57. The van der Waals surface area contributed by atoms with Crippen molar-refractivity contribution < 1.29 is 13.9 Å². The molecular formula is C22H30IN5O3. The number of aliphatic imine (C=N–C) groups is 1. The number of hydrogen-bond donors (Lipinski definition) is 2. The second kappa shape index (κ2) is 11.0. The molecule has 2 atom stereocenters. The number of nitrogens with one attached hydrogen (secondary N) is 1. The SMILES string of the molecule is CCNC(=NCc1ccc(C(N)=O)o1)N1CC2OCCN(Cc3ccccc3)C2C1.I. The highest BCUT2D eigenvalue weighted by Crippen LogP contribution is 2.25. The van der Waals surface area contributed by atoms with Gasteiger partial charge in [-0.1, -0.05) is 30.3 Å². The molecule has 2 unspecified atom stereocenters. The van der Waals surface area contributed by atoms with E-state index in [1.807, 2.05) is 6.07 Å². The van der Waals surface area contributed by atoms with Gasteiger partial charge < -0.3 is 25.1 Å². The standard InChI is InChI=1S/C22H29N5O3.HI/c1-2-24-22(25-12-17-8-9-19(30-17)21(23)28)27-14-18-20(15-27)29-11-10-26(18)13-16-6-4-3-5-7-16;/h3-9,18,20H,2,10-15H2,1H3,(H2,23,28)(H,24,25);1H. The van der Waals surface area contributed by atoms with Crippen LogP contribution in [0.4, 0.5) is 0 Å². The second-order valence-electron chi connectivity index (χ2n) is 7.64. The molecule has 3 N–H and O–H groups in total. The molecule has 31 heavy (non-hydrogen) atoms. The first-order valence-electron chi connectivity index (χ1n) is 10.5. The number of benzene rings is 1. The van der Waals surface area contributed by atoms with E-state index < -0.39 is 5.91 Å². The van der Waals surface area contributed by atoms with Crippen molar-refractivity contribution in [2.24, 2.45) is 10.7 Å². The molecule has 0 spiro atoms. The summed E-state index contributed by atoms with van der Waals surface area (Å²) in [6.45, 7) is 7.42. The van der Waals surface area contributed by atoms with Crippen LogP contribution >= 0.6 is 24.0 Å². The maximum absolute atomic E-state index is 11.2. The van der Waals surface area contributed by atoms with Crippen LogP contribution in [0.5, 0.6) is 0 Å². The molecule has 2 fully saturated rings. The number of fused-ring (bicyclic) bond motifs is 1. The van der Waals surface area contributed by atoms with Gasteiger partial charge in [-0.05, 0) is 24.6 Å². The van der Waals surface area contributed by atoms with E-state index in [2.05, 4.69) is 46.3 Å². The van der Waals surface area contributed by atoms with Crippen LogP contribution in [-0.4, -0.2) is 66.6 Å². The van der Waals surface area contributed by atoms with Gasteiger partial charge >= 0.3 is 0 Å². The Balaban J connectivity index is 0.00000272. The zero-order valence-electron chi connectivity index (χ0n) is 17.7. The molecular weight excluding hydrogens is 509 g/mol. The van der Waals surface area contributed by atoms with Crippen molar-refractivity contribution >= 4 is 35.8 Å². The Kier molecular flexibility index (Phi) is 8.33. The van der Waals surface area contributed by atoms with Crippen LogP contribution < -0.4 is 11.1 Å². The van der Waals surface area contributed by atoms with Gasteiger partial charge in [-0.2, -0.15) is 0 Å². The summed E-state index contributed by atoms with van der Waals surface area (Å²) in [7, 11) is 0. The Labute approximate surface area is 199 Å². The van der Waals surface area contributed by atoms with E-state index in [9.17, 15) is 4.79 Å². The van der Waals surface area contributed by atoms with E-state index >= 15 is 0 Å². The van der Waals surface area contributed by atoms with E-state index in [0.717, 1.165) is 45.3 Å². The highest BCUT2D eigenvalue weighted by molar-refractivity contribution is 14.0. The van der Waals surface area contributed by atoms with Crippen LogP contribution in [0.1, 0.15) is 28.8 Å². The number of carbonyl (C=O) groups is 1. The lowest BCUT2D eigenvalue weighted by atomic mass is 10.1. The Morgan fingerprint density at radius 3 is 2.74 bits per heavy atom. The first-order chi connectivity index (χ1) is 14.6. The number of guanidine groups is 1. The van der Waals surface area contributed by atoms with E-state index in [0.29, 0.717) is 18.3 Å². The number of nitrogens with zero attached hydrogens (tertiary/aromatic N) is 3. The quantitative estimate of drug-likeness (QED) is 0.332. The topological polar surface area (TPSA) is 96.3 Å². The minimum Gasteiger partial charge on any atom is -0.454 e. The monoisotopic (exact) mass is 539 g/mol. The lowest BCUT2D eigenvalue weighted by molar-refractivity contribution is -0.0502. The molecule has 1 aromatic carbocycles. The van der Waals surface area contributed by atoms with Crippen molar-refractivity contribution in [1.82, 2.24) is 15.1 Å². The Bertz CT molecular complexity index is 888. The summed E-state index contributed by atoms with van der Waals surface area (Å²) >= 11 is 0. The van der Waals surface area contributed by atoms with Crippen LogP contribution in [0.25, 0.3) is 0 Å². The molecule has 3 heterocycles. The van der Waals surface area contributed by atoms with Crippen LogP contribution in [0, 0.1) is 0 Å². The Morgan fingerprint density at radius 2 is 2.03 bits per heavy atom. The molecule has 0 saturated carbocycles. The second-order valence-corrected chi connectivity index (χ2v) is 7.64. The van der Waals surface area contributed by atoms with E-state index in [1.54, 1.807) is 12.1 Å². The fourth-order valence-electron chi connectivity index (χ4n) is 4.12. The Morgan fingerprint density at radius 1 is 1.23 bits per heavy atom. The van der Waals surface area contributed by atoms with Crippen molar-refractivity contribution in [2.75, 3.05) is 32.8 Å². The van der Waals surface area contributed by atoms with Crippen LogP contribution in [0.2, 0.25) is 0 Å². The number of morpholine rings is 1. The summed E-state index contributed by atoms with van der Waals surface area (Å²) < 4.78 is 11.5. The molecule has 8 nitrogen and oxygen atoms in total. The molecule has 2 aliphatic rings. The number of hydrogen-bond acceptors (Lipinski definition) is 5. The summed E-state index contributed by atoms with van der Waals surface area (Å²) in [5.41, 5.74) is 6.58. The smallest absolute Gasteiger partial charge is 0.284 e. The third-order valence-electron chi connectivity index (χ3n) is 5.57. The maximum atomic E-state index is 11.2. The Hall–Kier alpha value is -2.11. The first-order valence-corrected chi connectivity index (χ1v) is 10.5. The summed E-state index contributed by atoms with van der Waals surface area (Å²) in [6, 6.07) is 14.2. The maximum Gasteiger partial charge on any atom is 0.284 e. The van der Waals surface area contributed by atoms with Gasteiger partial charge in [-0.3, -0.25) is 9.69 Å². The molecule has 0 aliphatic carbocycles. The van der Waals surface area contributed by atoms with Gasteiger partial charge in [0.25, 0.3) is 5.91 Å². The van der Waals surface area contributed by atoms with Crippen molar-refractivity contribution in [3.05, 3.63) is 59.5 Å². The zero-order valence-corrected chi connectivity index (χ0v) is 20.0. The van der Waals surface area contributed by atoms with Gasteiger partial charge in [0.15, 0.2) is 11.7 Å².